The van der Waals surface area contributed by atoms with Crippen LogP contribution < -0.4 is 0 Å². The van der Waals surface area contributed by atoms with Crippen molar-refractivity contribution in [3.63, 3.8) is 0 Å². The monoisotopic (exact) mass is 202 g/mol. The number of carboxylic acid groups (broad SMARTS) is 1. The standard InChI is InChI=1S/C9H14O5/c1-13-9(12)7-4-2-6(14-7)3-5-8(10)11/h6-7H,2-5H2,1H3,(H,10,11)/t6-,7+/m0/s1. The first kappa shape index (κ1) is 11.0. The number of carboxylic acids is 1. The van der Waals surface area contributed by atoms with Crippen molar-refractivity contribution in [2.75, 3.05) is 7.11 Å². The molecule has 0 unspecified atom stereocenters. The molecule has 0 amide bonds. The van der Waals surface area contributed by atoms with Crippen LogP contribution in [0.25, 0.3) is 0 Å². The molecule has 1 fully saturated rings. The summed E-state index contributed by atoms with van der Waals surface area (Å²) in [5.41, 5.74) is 0. The maximum Gasteiger partial charge on any atom is 0.334 e. The second-order valence-corrected chi connectivity index (χ2v) is 3.28. The first-order valence-corrected chi connectivity index (χ1v) is 4.58. The van der Waals surface area contributed by atoms with Crippen LogP contribution in [0.15, 0.2) is 0 Å². The molecule has 0 aromatic rings. The first-order chi connectivity index (χ1) is 6.63. The van der Waals surface area contributed by atoms with E-state index in [0.29, 0.717) is 12.8 Å². The lowest BCUT2D eigenvalue weighted by Gasteiger charge is -2.10. The highest BCUT2D eigenvalue weighted by molar-refractivity contribution is 5.74. The minimum Gasteiger partial charge on any atom is -0.481 e. The van der Waals surface area contributed by atoms with Crippen LogP contribution in [0.4, 0.5) is 0 Å². The zero-order chi connectivity index (χ0) is 10.6. The number of hydrogen-bond donors (Lipinski definition) is 1. The highest BCUT2D eigenvalue weighted by atomic mass is 16.6. The van der Waals surface area contributed by atoms with Crippen molar-refractivity contribution in [2.24, 2.45) is 0 Å². The molecule has 0 spiro atoms. The molecule has 1 heterocycles. The molecule has 0 aromatic heterocycles. The Labute approximate surface area is 82.0 Å². The predicted octanol–water partition coefficient (Wildman–Crippen LogP) is 0.572. The maximum absolute atomic E-state index is 11.0. The number of aliphatic carboxylic acids is 1. The van der Waals surface area contributed by atoms with Crippen molar-refractivity contribution < 1.29 is 24.2 Å². The minimum absolute atomic E-state index is 0.0819. The molecule has 5 nitrogen and oxygen atoms in total. The average Bonchev–Trinajstić information content (AvgIpc) is 2.62. The number of carbonyl (C=O) groups is 2. The lowest BCUT2D eigenvalue weighted by molar-refractivity contribution is -0.153. The quantitative estimate of drug-likeness (QED) is 0.675. The van der Waals surface area contributed by atoms with Gasteiger partial charge in [-0.2, -0.15) is 0 Å². The molecule has 14 heavy (non-hydrogen) atoms. The summed E-state index contributed by atoms with van der Waals surface area (Å²) in [6.07, 6.45) is 1.28. The summed E-state index contributed by atoms with van der Waals surface area (Å²) >= 11 is 0. The van der Waals surface area contributed by atoms with Gasteiger partial charge in [0.25, 0.3) is 0 Å². The van der Waals surface area contributed by atoms with Crippen molar-refractivity contribution in [2.45, 2.75) is 37.9 Å². The van der Waals surface area contributed by atoms with E-state index in [2.05, 4.69) is 4.74 Å². The van der Waals surface area contributed by atoms with E-state index >= 15 is 0 Å². The summed E-state index contributed by atoms with van der Waals surface area (Å²) in [4.78, 5) is 21.3. The summed E-state index contributed by atoms with van der Waals surface area (Å²) in [6.45, 7) is 0. The third-order valence-corrected chi connectivity index (χ3v) is 2.25. The van der Waals surface area contributed by atoms with Crippen LogP contribution in [0.1, 0.15) is 25.7 Å². The highest BCUT2D eigenvalue weighted by Crippen LogP contribution is 2.23. The van der Waals surface area contributed by atoms with Crippen molar-refractivity contribution >= 4 is 11.9 Å². The first-order valence-electron chi connectivity index (χ1n) is 4.58. The maximum atomic E-state index is 11.0. The summed E-state index contributed by atoms with van der Waals surface area (Å²) in [5.74, 6) is -1.21. The van der Waals surface area contributed by atoms with Gasteiger partial charge in [0.1, 0.15) is 0 Å². The second-order valence-electron chi connectivity index (χ2n) is 3.28. The van der Waals surface area contributed by atoms with Crippen LogP contribution in [0, 0.1) is 0 Å². The van der Waals surface area contributed by atoms with Gasteiger partial charge in [-0.05, 0) is 19.3 Å². The fraction of sp³-hybridized carbons (Fsp3) is 0.778. The Morgan fingerprint density at radius 2 is 2.21 bits per heavy atom. The molecule has 1 rings (SSSR count). The number of methoxy groups -OCH3 is 1. The molecular weight excluding hydrogens is 188 g/mol. The van der Waals surface area contributed by atoms with E-state index in [-0.39, 0.29) is 18.5 Å². The SMILES string of the molecule is COC(=O)[C@H]1CC[C@@H](CCC(=O)O)O1. The summed E-state index contributed by atoms with van der Waals surface area (Å²) in [6, 6.07) is 0. The van der Waals surface area contributed by atoms with Gasteiger partial charge in [-0.1, -0.05) is 0 Å². The van der Waals surface area contributed by atoms with E-state index in [1.165, 1.54) is 7.11 Å². The average molecular weight is 202 g/mol. The third kappa shape index (κ3) is 2.99. The van der Waals surface area contributed by atoms with Crippen LogP contribution in [0.5, 0.6) is 0 Å². The Balaban J connectivity index is 2.27. The van der Waals surface area contributed by atoms with Crippen molar-refractivity contribution in [1.29, 1.82) is 0 Å². The lowest BCUT2D eigenvalue weighted by Crippen LogP contribution is -2.22. The fourth-order valence-corrected chi connectivity index (χ4v) is 1.51. The molecule has 1 N–H and O–H groups in total. The molecule has 0 aliphatic carbocycles. The Hall–Kier alpha value is -1.10. The molecule has 80 valence electrons. The number of esters is 1. The Morgan fingerprint density at radius 3 is 2.79 bits per heavy atom. The topological polar surface area (TPSA) is 72.8 Å². The van der Waals surface area contributed by atoms with Crippen LogP contribution in [-0.4, -0.2) is 36.4 Å². The Bertz CT molecular complexity index is 225. The van der Waals surface area contributed by atoms with Gasteiger partial charge in [0.15, 0.2) is 6.10 Å². The zero-order valence-electron chi connectivity index (χ0n) is 8.06. The molecule has 0 aromatic carbocycles. The number of rotatable bonds is 4. The summed E-state index contributed by atoms with van der Waals surface area (Å²) in [7, 11) is 1.32. The zero-order valence-corrected chi connectivity index (χ0v) is 8.06. The Kier molecular flexibility index (Phi) is 3.88. The van der Waals surface area contributed by atoms with Crippen LogP contribution >= 0.6 is 0 Å². The van der Waals surface area contributed by atoms with E-state index < -0.39 is 12.1 Å². The van der Waals surface area contributed by atoms with Gasteiger partial charge in [-0.25, -0.2) is 4.79 Å². The van der Waals surface area contributed by atoms with E-state index in [4.69, 9.17) is 9.84 Å². The highest BCUT2D eigenvalue weighted by Gasteiger charge is 2.31. The molecule has 2 atom stereocenters. The molecule has 5 heteroatoms. The third-order valence-electron chi connectivity index (χ3n) is 2.25. The molecule has 1 aliphatic heterocycles. The largest absolute Gasteiger partial charge is 0.481 e. The van der Waals surface area contributed by atoms with Gasteiger partial charge in [0.2, 0.25) is 0 Å². The van der Waals surface area contributed by atoms with Gasteiger partial charge < -0.3 is 14.6 Å². The second kappa shape index (κ2) is 4.95. The Morgan fingerprint density at radius 1 is 1.50 bits per heavy atom. The van der Waals surface area contributed by atoms with Crippen LogP contribution in [0.2, 0.25) is 0 Å². The van der Waals surface area contributed by atoms with Crippen molar-refractivity contribution in [1.82, 2.24) is 0 Å². The molecule has 0 bridgehead atoms. The lowest BCUT2D eigenvalue weighted by atomic mass is 10.1. The van der Waals surface area contributed by atoms with E-state index in [0.717, 1.165) is 6.42 Å². The van der Waals surface area contributed by atoms with Gasteiger partial charge in [-0.15, -0.1) is 0 Å². The number of carbonyl (C=O) groups excluding carboxylic acids is 1. The van der Waals surface area contributed by atoms with E-state index in [1.807, 2.05) is 0 Å². The van der Waals surface area contributed by atoms with Crippen LogP contribution in [0.3, 0.4) is 0 Å². The minimum atomic E-state index is -0.838. The smallest absolute Gasteiger partial charge is 0.334 e. The van der Waals surface area contributed by atoms with Gasteiger partial charge in [-0.3, -0.25) is 4.79 Å². The predicted molar refractivity (Wildman–Crippen MR) is 46.8 cm³/mol. The molecule has 0 saturated carbocycles. The van der Waals surface area contributed by atoms with Gasteiger partial charge in [0, 0.05) is 6.42 Å². The normalized spacial score (nSPS) is 26.1. The molecule has 1 aliphatic rings. The molecular formula is C9H14O5. The van der Waals surface area contributed by atoms with E-state index in [1.54, 1.807) is 0 Å². The van der Waals surface area contributed by atoms with Gasteiger partial charge in [0.05, 0.1) is 13.2 Å². The van der Waals surface area contributed by atoms with E-state index in [9.17, 15) is 9.59 Å². The number of ether oxygens (including phenoxy) is 2. The number of hydrogen-bond acceptors (Lipinski definition) is 4. The van der Waals surface area contributed by atoms with Crippen molar-refractivity contribution in [3.8, 4) is 0 Å². The molecule has 0 radical (unpaired) electrons. The summed E-state index contributed by atoms with van der Waals surface area (Å²) < 4.78 is 9.85. The fourth-order valence-electron chi connectivity index (χ4n) is 1.51. The molecule has 1 saturated heterocycles. The van der Waals surface area contributed by atoms with Crippen LogP contribution in [-0.2, 0) is 19.1 Å². The van der Waals surface area contributed by atoms with Gasteiger partial charge >= 0.3 is 11.9 Å². The summed E-state index contributed by atoms with van der Waals surface area (Å²) in [5, 5.41) is 8.45. The van der Waals surface area contributed by atoms with Crippen molar-refractivity contribution in [3.05, 3.63) is 0 Å².